The van der Waals surface area contributed by atoms with E-state index in [0.717, 1.165) is 70.0 Å². The average molecular weight is 353 g/mol. The van der Waals surface area contributed by atoms with Crippen molar-refractivity contribution < 1.29 is 9.47 Å². The molecule has 1 aromatic carbocycles. The Morgan fingerprint density at radius 1 is 0.962 bits per heavy atom. The van der Waals surface area contributed by atoms with E-state index in [1.807, 2.05) is 18.3 Å². The van der Waals surface area contributed by atoms with Crippen LogP contribution in [-0.2, 0) is 15.9 Å². The second kappa shape index (κ2) is 8.60. The smallest absolute Gasteiger partial charge is 0.135 e. The van der Waals surface area contributed by atoms with Crippen molar-refractivity contribution >= 4 is 5.82 Å². The number of ether oxygens (including phenoxy) is 2. The summed E-state index contributed by atoms with van der Waals surface area (Å²) in [6, 6.07) is 12.4. The first-order valence-electron chi connectivity index (χ1n) is 9.71. The molecule has 0 saturated carbocycles. The Kier molecular flexibility index (Phi) is 5.77. The summed E-state index contributed by atoms with van der Waals surface area (Å²) in [6.45, 7) is 3.68. The van der Waals surface area contributed by atoms with Gasteiger partial charge in [0, 0.05) is 38.9 Å². The van der Waals surface area contributed by atoms with Crippen LogP contribution in [0.1, 0.15) is 37.1 Å². The molecular weight excluding hydrogens is 326 g/mol. The second-order valence-corrected chi connectivity index (χ2v) is 7.13. The number of anilines is 1. The molecule has 5 nitrogen and oxygen atoms in total. The normalized spacial score (nSPS) is 19.6. The number of hydrogen-bond acceptors (Lipinski definition) is 5. The molecule has 0 atom stereocenters. The van der Waals surface area contributed by atoms with Gasteiger partial charge in [-0.25, -0.2) is 9.97 Å². The Balaban J connectivity index is 1.32. The monoisotopic (exact) mass is 353 g/mol. The molecule has 0 aliphatic carbocycles. The molecule has 0 bridgehead atoms. The van der Waals surface area contributed by atoms with Gasteiger partial charge in [-0.15, -0.1) is 0 Å². The highest BCUT2D eigenvalue weighted by molar-refractivity contribution is 5.38. The van der Waals surface area contributed by atoms with Crippen LogP contribution in [0.3, 0.4) is 0 Å². The summed E-state index contributed by atoms with van der Waals surface area (Å²) in [7, 11) is 0. The van der Waals surface area contributed by atoms with E-state index in [1.54, 1.807) is 0 Å². The third-order valence-corrected chi connectivity index (χ3v) is 5.22. The third-order valence-electron chi connectivity index (χ3n) is 5.22. The lowest BCUT2D eigenvalue weighted by Gasteiger charge is -2.35. The van der Waals surface area contributed by atoms with Crippen molar-refractivity contribution in [2.45, 2.75) is 44.3 Å². The number of aromatic nitrogens is 2. The number of hydrogen-bond donors (Lipinski definition) is 0. The molecule has 0 amide bonds. The van der Waals surface area contributed by atoms with Crippen LogP contribution >= 0.6 is 0 Å². The first-order chi connectivity index (χ1) is 12.9. The first kappa shape index (κ1) is 17.4. The molecule has 2 aliphatic heterocycles. The summed E-state index contributed by atoms with van der Waals surface area (Å²) < 4.78 is 11.7. The summed E-state index contributed by atoms with van der Waals surface area (Å²) in [4.78, 5) is 11.6. The first-order valence-corrected chi connectivity index (χ1v) is 9.71. The quantitative estimate of drug-likeness (QED) is 0.826. The van der Waals surface area contributed by atoms with Crippen LogP contribution in [0.4, 0.5) is 5.82 Å². The Bertz CT molecular complexity index is 681. The van der Waals surface area contributed by atoms with Gasteiger partial charge in [0.25, 0.3) is 0 Å². The highest BCUT2D eigenvalue weighted by Gasteiger charge is 2.24. The zero-order chi connectivity index (χ0) is 17.6. The Morgan fingerprint density at radius 2 is 1.69 bits per heavy atom. The van der Waals surface area contributed by atoms with E-state index in [2.05, 4.69) is 34.1 Å². The minimum absolute atomic E-state index is 0.375. The summed E-state index contributed by atoms with van der Waals surface area (Å²) in [5.41, 5.74) is 1.24. The maximum Gasteiger partial charge on any atom is 0.135 e. The Labute approximate surface area is 155 Å². The van der Waals surface area contributed by atoms with E-state index in [-0.39, 0.29) is 0 Å². The molecular formula is C21H27N3O2. The number of benzene rings is 1. The lowest BCUT2D eigenvalue weighted by Crippen LogP contribution is -2.40. The highest BCUT2D eigenvalue weighted by atomic mass is 16.5. The third kappa shape index (κ3) is 4.59. The lowest BCUT2D eigenvalue weighted by atomic mass is 10.1. The van der Waals surface area contributed by atoms with Crippen LogP contribution in [0.15, 0.2) is 42.6 Å². The minimum Gasteiger partial charge on any atom is -0.381 e. The van der Waals surface area contributed by atoms with Gasteiger partial charge in [-0.1, -0.05) is 30.3 Å². The zero-order valence-corrected chi connectivity index (χ0v) is 15.2. The minimum atomic E-state index is 0.375. The van der Waals surface area contributed by atoms with Gasteiger partial charge in [0.15, 0.2) is 0 Å². The molecule has 2 fully saturated rings. The molecule has 2 aromatic rings. The predicted molar refractivity (Wildman–Crippen MR) is 101 cm³/mol. The van der Waals surface area contributed by atoms with E-state index >= 15 is 0 Å². The van der Waals surface area contributed by atoms with E-state index in [9.17, 15) is 0 Å². The van der Waals surface area contributed by atoms with Crippen molar-refractivity contribution in [3.8, 4) is 0 Å². The number of rotatable bonds is 5. The molecule has 5 heteroatoms. The van der Waals surface area contributed by atoms with Gasteiger partial charge >= 0.3 is 0 Å². The van der Waals surface area contributed by atoms with Crippen LogP contribution in [-0.4, -0.2) is 48.5 Å². The molecule has 2 aliphatic rings. The van der Waals surface area contributed by atoms with Gasteiger partial charge in [-0.05, 0) is 37.3 Å². The molecule has 0 radical (unpaired) electrons. The van der Waals surface area contributed by atoms with E-state index in [0.29, 0.717) is 12.2 Å². The molecule has 4 rings (SSSR count). The molecule has 138 valence electrons. The summed E-state index contributed by atoms with van der Waals surface area (Å²) in [5.74, 6) is 1.92. The van der Waals surface area contributed by atoms with Crippen molar-refractivity contribution in [1.29, 1.82) is 0 Å². The van der Waals surface area contributed by atoms with Crippen LogP contribution in [0.2, 0.25) is 0 Å². The highest BCUT2D eigenvalue weighted by Crippen LogP contribution is 2.23. The Hall–Kier alpha value is -1.98. The maximum atomic E-state index is 6.28. The molecule has 0 spiro atoms. The van der Waals surface area contributed by atoms with Gasteiger partial charge in [0.2, 0.25) is 0 Å². The largest absolute Gasteiger partial charge is 0.381 e. The van der Waals surface area contributed by atoms with Crippen molar-refractivity contribution in [2.24, 2.45) is 0 Å². The van der Waals surface area contributed by atoms with Gasteiger partial charge < -0.3 is 14.4 Å². The van der Waals surface area contributed by atoms with Crippen LogP contribution in [0, 0.1) is 0 Å². The van der Waals surface area contributed by atoms with Crippen LogP contribution in [0.25, 0.3) is 0 Å². The van der Waals surface area contributed by atoms with Crippen molar-refractivity contribution in [2.75, 3.05) is 31.2 Å². The fourth-order valence-corrected chi connectivity index (χ4v) is 3.73. The Morgan fingerprint density at radius 3 is 2.46 bits per heavy atom. The molecule has 0 unspecified atom stereocenters. The lowest BCUT2D eigenvalue weighted by molar-refractivity contribution is -0.0743. The molecule has 0 N–H and O–H groups in total. The molecule has 26 heavy (non-hydrogen) atoms. The summed E-state index contributed by atoms with van der Waals surface area (Å²) in [5, 5.41) is 0. The molecule has 3 heterocycles. The number of nitrogens with zero attached hydrogens (tertiary/aromatic N) is 3. The fourth-order valence-electron chi connectivity index (χ4n) is 3.73. The molecule has 2 saturated heterocycles. The van der Waals surface area contributed by atoms with E-state index in [4.69, 9.17) is 14.5 Å². The fraction of sp³-hybridized carbons (Fsp3) is 0.524. The van der Waals surface area contributed by atoms with Gasteiger partial charge in [0.05, 0.1) is 12.2 Å². The van der Waals surface area contributed by atoms with Crippen LogP contribution < -0.4 is 4.90 Å². The average Bonchev–Trinajstić information content (AvgIpc) is 2.70. The second-order valence-electron chi connectivity index (χ2n) is 7.13. The SMILES string of the molecule is c1ccc(Cc2nccc(N3CCC(OC4CCOCC4)CC3)n2)cc1. The van der Waals surface area contributed by atoms with E-state index < -0.39 is 0 Å². The predicted octanol–water partition coefficient (Wildman–Crippen LogP) is 3.23. The van der Waals surface area contributed by atoms with Gasteiger partial charge in [-0.3, -0.25) is 0 Å². The summed E-state index contributed by atoms with van der Waals surface area (Å²) >= 11 is 0. The zero-order valence-electron chi connectivity index (χ0n) is 15.2. The summed E-state index contributed by atoms with van der Waals surface area (Å²) in [6.07, 6.45) is 7.62. The van der Waals surface area contributed by atoms with Crippen molar-refractivity contribution in [3.05, 3.63) is 54.0 Å². The van der Waals surface area contributed by atoms with Gasteiger partial charge in [0.1, 0.15) is 11.6 Å². The van der Waals surface area contributed by atoms with Crippen molar-refractivity contribution in [1.82, 2.24) is 9.97 Å². The van der Waals surface area contributed by atoms with Crippen LogP contribution in [0.5, 0.6) is 0 Å². The maximum absolute atomic E-state index is 6.28. The standard InChI is InChI=1S/C21H27N3O2/c1-2-4-17(5-3-1)16-20-22-11-6-21(23-20)24-12-7-18(8-13-24)26-19-9-14-25-15-10-19/h1-6,11,18-19H,7-10,12-16H2. The molecule has 1 aromatic heterocycles. The topological polar surface area (TPSA) is 47.5 Å². The van der Waals surface area contributed by atoms with E-state index in [1.165, 1.54) is 5.56 Å². The van der Waals surface area contributed by atoms with Crippen molar-refractivity contribution in [3.63, 3.8) is 0 Å². The van der Waals surface area contributed by atoms with Gasteiger partial charge in [-0.2, -0.15) is 0 Å². The number of piperidine rings is 1.